The number of ether oxygens (including phenoxy) is 1. The number of benzene rings is 1. The number of hydrogen-bond donors (Lipinski definition) is 3. The molecule has 0 aliphatic heterocycles. The maximum absolute atomic E-state index is 12.0. The van der Waals surface area contributed by atoms with Crippen LogP contribution in [-0.4, -0.2) is 69.8 Å². The summed E-state index contributed by atoms with van der Waals surface area (Å²) in [7, 11) is -4.49. The molecule has 2 aromatic heterocycles. The average Bonchev–Trinajstić information content (AvgIpc) is 3.23. The molecule has 0 spiro atoms. The fourth-order valence-corrected chi connectivity index (χ4v) is 3.71. The Morgan fingerprint density at radius 1 is 1.17 bits per heavy atom. The molecule has 0 fully saturated rings. The highest BCUT2D eigenvalue weighted by atomic mass is 32.2. The minimum absolute atomic E-state index is 0.142. The molecule has 2 heterocycles. The van der Waals surface area contributed by atoms with E-state index in [1.807, 2.05) is 0 Å². The zero-order chi connectivity index (χ0) is 26.0. The van der Waals surface area contributed by atoms with E-state index in [-0.39, 0.29) is 23.9 Å². The molecule has 192 valence electrons. The van der Waals surface area contributed by atoms with Gasteiger partial charge in [0, 0.05) is 0 Å². The van der Waals surface area contributed by atoms with Crippen LogP contribution < -0.4 is 10.5 Å². The number of nitrogens with one attached hydrogen (secondary N) is 1. The minimum Gasteiger partial charge on any atom is -0.507 e. The van der Waals surface area contributed by atoms with Crippen molar-refractivity contribution >= 4 is 33.2 Å². The predicted molar refractivity (Wildman–Crippen MR) is 129 cm³/mol. The van der Waals surface area contributed by atoms with Gasteiger partial charge in [-0.3, -0.25) is 9.36 Å². The lowest BCUT2D eigenvalue weighted by Gasteiger charge is -2.15. The molecule has 3 rings (SSSR count). The van der Waals surface area contributed by atoms with Crippen molar-refractivity contribution in [3.63, 3.8) is 0 Å². The van der Waals surface area contributed by atoms with Gasteiger partial charge in [0.1, 0.15) is 24.3 Å². The van der Waals surface area contributed by atoms with Crippen molar-refractivity contribution < 1.29 is 27.2 Å². The maximum Gasteiger partial charge on any atom is 0.364 e. The summed E-state index contributed by atoms with van der Waals surface area (Å²) in [6.45, 7) is 11.3. The highest BCUT2D eigenvalue weighted by Crippen LogP contribution is 2.16. The lowest BCUT2D eigenvalue weighted by molar-refractivity contribution is -0.0916. The van der Waals surface area contributed by atoms with Crippen LogP contribution in [-0.2, 0) is 26.0 Å². The number of amides is 1. The first-order valence-corrected chi connectivity index (χ1v) is 12.3. The second-order valence-corrected chi connectivity index (χ2v) is 8.43. The minimum atomic E-state index is -4.49. The van der Waals surface area contributed by atoms with Crippen LogP contribution in [0.15, 0.2) is 36.9 Å². The van der Waals surface area contributed by atoms with Crippen LogP contribution in [0.25, 0.3) is 11.2 Å². The molecule has 0 aliphatic carbocycles. The van der Waals surface area contributed by atoms with Crippen molar-refractivity contribution in [2.24, 2.45) is 0 Å². The summed E-state index contributed by atoms with van der Waals surface area (Å²) >= 11 is 0. The van der Waals surface area contributed by atoms with Gasteiger partial charge >= 0.3 is 10.3 Å². The Hall–Kier alpha value is -3.33. The van der Waals surface area contributed by atoms with E-state index in [4.69, 9.17) is 14.7 Å². The monoisotopic (exact) mass is 509 g/mol. The predicted octanol–water partition coefficient (Wildman–Crippen LogP) is 1.47. The van der Waals surface area contributed by atoms with Crippen LogP contribution in [0.4, 0.5) is 5.82 Å². The summed E-state index contributed by atoms with van der Waals surface area (Å²) in [5.74, 6) is -1.21. The van der Waals surface area contributed by atoms with Gasteiger partial charge in [-0.25, -0.2) is 23.9 Å². The number of rotatable bonds is 10. The SMILES string of the molecule is CC(OCn1cnc2c(N)ncnc21)OS(=O)(=O)NC(=O)c1ccccc1O.CCN(CC)CC. The number of nitrogen functional groups attached to an aromatic ring is 1. The van der Waals surface area contributed by atoms with E-state index in [1.54, 1.807) is 4.72 Å². The fourth-order valence-electron chi connectivity index (χ4n) is 2.91. The number of nitrogens with two attached hydrogens (primary N) is 1. The van der Waals surface area contributed by atoms with Crippen LogP contribution in [0.2, 0.25) is 0 Å². The molecule has 0 aliphatic rings. The Bertz CT molecular complexity index is 1210. The highest BCUT2D eigenvalue weighted by molar-refractivity contribution is 7.85. The molecule has 35 heavy (non-hydrogen) atoms. The molecule has 1 aromatic carbocycles. The lowest BCUT2D eigenvalue weighted by atomic mass is 10.2. The van der Waals surface area contributed by atoms with Crippen molar-refractivity contribution in [3.05, 3.63) is 42.5 Å². The van der Waals surface area contributed by atoms with Gasteiger partial charge in [-0.15, -0.1) is 0 Å². The van der Waals surface area contributed by atoms with Gasteiger partial charge in [-0.05, 0) is 38.7 Å². The van der Waals surface area contributed by atoms with Gasteiger partial charge in [0.25, 0.3) is 5.91 Å². The third-order valence-corrected chi connectivity index (χ3v) is 5.81. The van der Waals surface area contributed by atoms with Gasteiger partial charge in [-0.2, -0.15) is 8.42 Å². The van der Waals surface area contributed by atoms with E-state index in [9.17, 15) is 18.3 Å². The average molecular weight is 510 g/mol. The second kappa shape index (κ2) is 12.9. The lowest BCUT2D eigenvalue weighted by Crippen LogP contribution is -2.35. The summed E-state index contributed by atoms with van der Waals surface area (Å²) < 4.78 is 37.2. The molecule has 0 bridgehead atoms. The van der Waals surface area contributed by atoms with Gasteiger partial charge in [0.05, 0.1) is 11.9 Å². The van der Waals surface area contributed by atoms with Crippen molar-refractivity contribution in [2.45, 2.75) is 40.7 Å². The number of aromatic nitrogens is 4. The first kappa shape index (κ1) is 27.9. The summed E-state index contributed by atoms with van der Waals surface area (Å²) in [5.41, 5.74) is 6.24. The smallest absolute Gasteiger partial charge is 0.364 e. The zero-order valence-electron chi connectivity index (χ0n) is 20.1. The standard InChI is InChI=1S/C15H16N6O6S.C6H15N/c1-9(26-8-21-7-19-12-13(16)17-6-18-14(12)21)27-28(24,25)20-15(23)10-4-2-3-5-11(10)22;1-4-7(5-2)6-3/h2-7,9,22H,8H2,1H3,(H,20,23)(H2,16,17,18);4-6H2,1-3H3. The van der Waals surface area contributed by atoms with E-state index in [2.05, 4.69) is 40.6 Å². The maximum atomic E-state index is 12.0. The summed E-state index contributed by atoms with van der Waals surface area (Å²) in [6, 6.07) is 5.47. The number of para-hydroxylation sites is 1. The first-order chi connectivity index (χ1) is 16.6. The third-order valence-electron chi connectivity index (χ3n) is 4.85. The van der Waals surface area contributed by atoms with Crippen molar-refractivity contribution in [2.75, 3.05) is 25.4 Å². The molecule has 1 atom stereocenters. The van der Waals surface area contributed by atoms with E-state index in [0.29, 0.717) is 11.2 Å². The third kappa shape index (κ3) is 8.13. The van der Waals surface area contributed by atoms with E-state index in [0.717, 1.165) is 0 Å². The number of carbonyl (C=O) groups is 1. The number of aromatic hydroxyl groups is 1. The van der Waals surface area contributed by atoms with Crippen LogP contribution in [0, 0.1) is 0 Å². The van der Waals surface area contributed by atoms with Crippen molar-refractivity contribution in [3.8, 4) is 5.75 Å². The molecule has 0 radical (unpaired) electrons. The number of carbonyl (C=O) groups excluding carboxylic acids is 1. The number of phenolic OH excluding ortho intramolecular Hbond substituents is 1. The topological polar surface area (TPSA) is 175 Å². The molecule has 1 unspecified atom stereocenters. The highest BCUT2D eigenvalue weighted by Gasteiger charge is 2.22. The molecule has 1 amide bonds. The van der Waals surface area contributed by atoms with E-state index < -0.39 is 22.5 Å². The molecular formula is C21H31N7O6S. The van der Waals surface area contributed by atoms with Crippen LogP contribution in [0.1, 0.15) is 38.1 Å². The largest absolute Gasteiger partial charge is 0.507 e. The molecule has 4 N–H and O–H groups in total. The Balaban J connectivity index is 0.000000540. The van der Waals surface area contributed by atoms with Gasteiger partial charge in [0.15, 0.2) is 17.8 Å². The summed E-state index contributed by atoms with van der Waals surface area (Å²) in [5, 5.41) is 9.61. The molecule has 0 saturated heterocycles. The Morgan fingerprint density at radius 3 is 2.43 bits per heavy atom. The molecule has 3 aromatic rings. The molecular weight excluding hydrogens is 478 g/mol. The second-order valence-electron chi connectivity index (χ2n) is 7.13. The quantitative estimate of drug-likeness (QED) is 0.337. The van der Waals surface area contributed by atoms with Crippen LogP contribution in [0.5, 0.6) is 5.75 Å². The number of nitrogens with zero attached hydrogens (tertiary/aromatic N) is 5. The Labute approximate surface area is 204 Å². The van der Waals surface area contributed by atoms with Crippen molar-refractivity contribution in [1.82, 2.24) is 29.1 Å². The van der Waals surface area contributed by atoms with Gasteiger partial charge in [-0.1, -0.05) is 32.9 Å². The molecule has 13 nitrogen and oxygen atoms in total. The summed E-state index contributed by atoms with van der Waals surface area (Å²) in [6.07, 6.45) is 1.41. The van der Waals surface area contributed by atoms with Crippen molar-refractivity contribution in [1.29, 1.82) is 0 Å². The van der Waals surface area contributed by atoms with E-state index >= 15 is 0 Å². The zero-order valence-corrected chi connectivity index (χ0v) is 20.9. The molecule has 0 saturated carbocycles. The number of hydrogen-bond acceptors (Lipinski definition) is 11. The van der Waals surface area contributed by atoms with Crippen LogP contribution in [0.3, 0.4) is 0 Å². The normalized spacial score (nSPS) is 12.3. The molecule has 14 heteroatoms. The number of phenols is 1. The number of anilines is 1. The number of imidazole rings is 1. The Morgan fingerprint density at radius 2 is 1.83 bits per heavy atom. The fraction of sp³-hybridized carbons (Fsp3) is 0.429. The van der Waals surface area contributed by atoms with E-state index in [1.165, 1.54) is 68.0 Å². The van der Waals surface area contributed by atoms with Crippen LogP contribution >= 0.6 is 0 Å². The van der Waals surface area contributed by atoms with Gasteiger partial charge < -0.3 is 20.5 Å². The summed E-state index contributed by atoms with van der Waals surface area (Å²) in [4.78, 5) is 26.2. The number of fused-ring (bicyclic) bond motifs is 1. The Kier molecular flexibility index (Phi) is 10.3. The first-order valence-electron chi connectivity index (χ1n) is 10.9. The van der Waals surface area contributed by atoms with Gasteiger partial charge in [0.2, 0.25) is 0 Å².